The zero-order chi connectivity index (χ0) is 13.6. The minimum atomic E-state index is 0.770. The first kappa shape index (κ1) is 11.9. The number of fused-ring (bicyclic) bond motifs is 1. The Morgan fingerprint density at radius 3 is 2.21 bits per heavy atom. The van der Waals surface area contributed by atoms with E-state index in [9.17, 15) is 0 Å². The molecule has 2 heterocycles. The van der Waals surface area contributed by atoms with Crippen LogP contribution in [0.5, 0.6) is 0 Å². The van der Waals surface area contributed by atoms with Crippen LogP contribution in [-0.4, -0.2) is 14.4 Å². The largest absolute Gasteiger partial charge is 0.288 e. The molecule has 0 aliphatic rings. The second-order valence-corrected chi connectivity index (χ2v) is 5.21. The molecule has 3 heteroatoms. The maximum absolute atomic E-state index is 4.64. The summed E-state index contributed by atoms with van der Waals surface area (Å²) in [5.74, 6) is 0.770. The van der Waals surface area contributed by atoms with Crippen LogP contribution in [-0.2, 0) is 0 Å². The first-order valence-electron chi connectivity index (χ1n) is 6.45. The van der Waals surface area contributed by atoms with Crippen molar-refractivity contribution in [3.05, 3.63) is 53.0 Å². The van der Waals surface area contributed by atoms with E-state index in [1.807, 2.05) is 11.3 Å². The van der Waals surface area contributed by atoms with E-state index in [-0.39, 0.29) is 0 Å². The Hall–Kier alpha value is -2.16. The van der Waals surface area contributed by atoms with Gasteiger partial charge in [0.25, 0.3) is 0 Å². The summed E-state index contributed by atoms with van der Waals surface area (Å²) in [5, 5.41) is 0. The number of hydrogen-bond acceptors (Lipinski definition) is 2. The zero-order valence-electron chi connectivity index (χ0n) is 11.7. The number of rotatable bonds is 1. The third-order valence-electron chi connectivity index (χ3n) is 3.28. The quantitative estimate of drug-likeness (QED) is 0.661. The van der Waals surface area contributed by atoms with E-state index in [0.29, 0.717) is 0 Å². The van der Waals surface area contributed by atoms with Gasteiger partial charge in [-0.25, -0.2) is 9.97 Å². The molecular weight excluding hydrogens is 234 g/mol. The Morgan fingerprint density at radius 2 is 1.53 bits per heavy atom. The predicted molar refractivity (Wildman–Crippen MR) is 77.4 cm³/mol. The fourth-order valence-electron chi connectivity index (χ4n) is 2.53. The fourth-order valence-corrected chi connectivity index (χ4v) is 2.53. The highest BCUT2D eigenvalue weighted by Gasteiger charge is 2.08. The van der Waals surface area contributed by atoms with Crippen LogP contribution in [0.25, 0.3) is 17.0 Å². The van der Waals surface area contributed by atoms with Gasteiger partial charge in [-0.3, -0.25) is 4.40 Å². The summed E-state index contributed by atoms with van der Waals surface area (Å²) in [6.45, 7) is 8.30. The van der Waals surface area contributed by atoms with Crippen molar-refractivity contribution in [1.82, 2.24) is 14.4 Å². The molecule has 0 saturated heterocycles. The molecule has 0 fully saturated rings. The second kappa shape index (κ2) is 4.19. The molecule has 0 spiro atoms. The SMILES string of the molecule is Cc1cc(C)cc(-c2cn3c(C)cc(C)nc3n2)c1. The molecule has 3 nitrogen and oxygen atoms in total. The molecule has 0 radical (unpaired) electrons. The van der Waals surface area contributed by atoms with Crippen LogP contribution in [0.2, 0.25) is 0 Å². The monoisotopic (exact) mass is 251 g/mol. The van der Waals surface area contributed by atoms with E-state index in [0.717, 1.165) is 28.4 Å². The van der Waals surface area contributed by atoms with Gasteiger partial charge in [0.2, 0.25) is 5.78 Å². The van der Waals surface area contributed by atoms with Crippen LogP contribution in [0.1, 0.15) is 22.5 Å². The number of aromatic nitrogens is 3. The van der Waals surface area contributed by atoms with Gasteiger partial charge in [-0.2, -0.15) is 0 Å². The van der Waals surface area contributed by atoms with Crippen molar-refractivity contribution in [2.75, 3.05) is 0 Å². The molecular formula is C16H17N3. The van der Waals surface area contributed by atoms with E-state index in [2.05, 4.69) is 61.2 Å². The maximum atomic E-state index is 4.64. The number of imidazole rings is 1. The van der Waals surface area contributed by atoms with Gasteiger partial charge >= 0.3 is 0 Å². The topological polar surface area (TPSA) is 30.2 Å². The lowest BCUT2D eigenvalue weighted by Crippen LogP contribution is -1.94. The molecule has 0 bridgehead atoms. The third kappa shape index (κ3) is 2.12. The van der Waals surface area contributed by atoms with E-state index < -0.39 is 0 Å². The summed E-state index contributed by atoms with van der Waals surface area (Å²) in [6.07, 6.45) is 2.06. The lowest BCUT2D eigenvalue weighted by Gasteiger charge is -2.01. The highest BCUT2D eigenvalue weighted by atomic mass is 15.1. The highest BCUT2D eigenvalue weighted by molar-refractivity contribution is 5.63. The summed E-state index contributed by atoms with van der Waals surface area (Å²) < 4.78 is 2.04. The van der Waals surface area contributed by atoms with Crippen LogP contribution < -0.4 is 0 Å². The normalized spacial score (nSPS) is 11.2. The zero-order valence-corrected chi connectivity index (χ0v) is 11.7. The van der Waals surface area contributed by atoms with E-state index >= 15 is 0 Å². The fraction of sp³-hybridized carbons (Fsp3) is 0.250. The first-order valence-corrected chi connectivity index (χ1v) is 6.45. The molecule has 2 aromatic heterocycles. The molecule has 0 atom stereocenters. The van der Waals surface area contributed by atoms with Crippen molar-refractivity contribution >= 4 is 5.78 Å². The van der Waals surface area contributed by atoms with Gasteiger partial charge in [-0.1, -0.05) is 17.2 Å². The molecule has 3 aromatic rings. The predicted octanol–water partition coefficient (Wildman–Crippen LogP) is 3.63. The van der Waals surface area contributed by atoms with Crippen LogP contribution in [0, 0.1) is 27.7 Å². The van der Waals surface area contributed by atoms with Crippen LogP contribution >= 0.6 is 0 Å². The van der Waals surface area contributed by atoms with Gasteiger partial charge in [0, 0.05) is 23.1 Å². The van der Waals surface area contributed by atoms with Crippen LogP contribution in [0.15, 0.2) is 30.5 Å². The lowest BCUT2D eigenvalue weighted by molar-refractivity contribution is 1.01. The van der Waals surface area contributed by atoms with Crippen molar-refractivity contribution in [1.29, 1.82) is 0 Å². The summed E-state index contributed by atoms with van der Waals surface area (Å²) >= 11 is 0. The second-order valence-electron chi connectivity index (χ2n) is 5.21. The Morgan fingerprint density at radius 1 is 0.842 bits per heavy atom. The van der Waals surface area contributed by atoms with Crippen LogP contribution in [0.4, 0.5) is 0 Å². The number of benzene rings is 1. The summed E-state index contributed by atoms with van der Waals surface area (Å²) in [5.41, 5.74) is 6.81. The van der Waals surface area contributed by atoms with Crippen molar-refractivity contribution < 1.29 is 0 Å². The smallest absolute Gasteiger partial charge is 0.234 e. The molecule has 3 rings (SSSR count). The summed E-state index contributed by atoms with van der Waals surface area (Å²) in [4.78, 5) is 9.12. The molecule has 0 N–H and O–H groups in total. The third-order valence-corrected chi connectivity index (χ3v) is 3.28. The number of aryl methyl sites for hydroxylation is 4. The Bertz CT molecular complexity index is 749. The number of hydrogen-bond donors (Lipinski definition) is 0. The molecule has 0 amide bonds. The standard InChI is InChI=1S/C16H17N3/c1-10-5-11(2)7-14(6-10)15-9-19-13(4)8-12(3)17-16(19)18-15/h5-9H,1-4H3. The minimum Gasteiger partial charge on any atom is -0.288 e. The van der Waals surface area contributed by atoms with Gasteiger partial charge in [0.05, 0.1) is 5.69 Å². The first-order chi connectivity index (χ1) is 9.02. The average Bonchev–Trinajstić information content (AvgIpc) is 2.71. The molecule has 19 heavy (non-hydrogen) atoms. The summed E-state index contributed by atoms with van der Waals surface area (Å²) in [6, 6.07) is 8.57. The lowest BCUT2D eigenvalue weighted by atomic mass is 10.1. The minimum absolute atomic E-state index is 0.770. The van der Waals surface area contributed by atoms with Crippen molar-refractivity contribution in [3.8, 4) is 11.3 Å². The maximum Gasteiger partial charge on any atom is 0.234 e. The highest BCUT2D eigenvalue weighted by Crippen LogP contribution is 2.22. The van der Waals surface area contributed by atoms with E-state index in [1.165, 1.54) is 11.1 Å². The Balaban J connectivity index is 2.23. The van der Waals surface area contributed by atoms with Gasteiger partial charge in [-0.15, -0.1) is 0 Å². The van der Waals surface area contributed by atoms with Crippen molar-refractivity contribution in [2.24, 2.45) is 0 Å². The molecule has 1 aromatic carbocycles. The molecule has 0 unspecified atom stereocenters. The van der Waals surface area contributed by atoms with Gasteiger partial charge in [0.1, 0.15) is 0 Å². The molecule has 96 valence electrons. The van der Waals surface area contributed by atoms with Crippen LogP contribution in [0.3, 0.4) is 0 Å². The average molecular weight is 251 g/mol. The molecule has 0 saturated carbocycles. The summed E-state index contributed by atoms with van der Waals surface area (Å²) in [7, 11) is 0. The van der Waals surface area contributed by atoms with Gasteiger partial charge < -0.3 is 0 Å². The van der Waals surface area contributed by atoms with Gasteiger partial charge in [-0.05, 0) is 45.9 Å². The van der Waals surface area contributed by atoms with E-state index in [1.54, 1.807) is 0 Å². The van der Waals surface area contributed by atoms with Gasteiger partial charge in [0.15, 0.2) is 0 Å². The van der Waals surface area contributed by atoms with Crippen molar-refractivity contribution in [3.63, 3.8) is 0 Å². The van der Waals surface area contributed by atoms with Crippen molar-refractivity contribution in [2.45, 2.75) is 27.7 Å². The Kier molecular flexibility index (Phi) is 2.63. The molecule has 0 aliphatic carbocycles. The van der Waals surface area contributed by atoms with E-state index in [4.69, 9.17) is 0 Å². The molecule has 0 aliphatic heterocycles. The Labute approximate surface area is 113 Å². The number of nitrogens with zero attached hydrogens (tertiary/aromatic N) is 3.